The second-order valence-corrected chi connectivity index (χ2v) is 5.30. The average Bonchev–Trinajstić information content (AvgIpc) is 2.63. The normalized spacial score (nSPS) is 11.1. The lowest BCUT2D eigenvalue weighted by Gasteiger charge is -2.08. The fourth-order valence-corrected chi connectivity index (χ4v) is 2.48. The summed E-state index contributed by atoms with van der Waals surface area (Å²) >= 11 is 0. The molecule has 0 aliphatic heterocycles. The molecule has 24 heavy (non-hydrogen) atoms. The zero-order valence-electron chi connectivity index (χ0n) is 13.8. The Balaban J connectivity index is 2.06. The van der Waals surface area contributed by atoms with Crippen molar-refractivity contribution in [1.82, 2.24) is 9.55 Å². The van der Waals surface area contributed by atoms with Crippen LogP contribution in [0.15, 0.2) is 47.3 Å². The van der Waals surface area contributed by atoms with Gasteiger partial charge in [-0.2, -0.15) is 0 Å². The lowest BCUT2D eigenvalue weighted by Crippen LogP contribution is -2.20. The smallest absolute Gasteiger partial charge is 0.261 e. The summed E-state index contributed by atoms with van der Waals surface area (Å²) in [5.41, 5.74) is 1.45. The molecule has 0 radical (unpaired) electrons. The van der Waals surface area contributed by atoms with Gasteiger partial charge in [0, 0.05) is 7.05 Å². The number of benzene rings is 2. The van der Waals surface area contributed by atoms with E-state index in [2.05, 4.69) is 4.98 Å². The largest absolute Gasteiger partial charge is 0.497 e. The van der Waals surface area contributed by atoms with Gasteiger partial charge in [-0.25, -0.2) is 4.98 Å². The quantitative estimate of drug-likeness (QED) is 0.740. The number of ether oxygens (including phenoxy) is 2. The number of hydrogen-bond acceptors (Lipinski definition) is 4. The highest BCUT2D eigenvalue weighted by Crippen LogP contribution is 2.21. The van der Waals surface area contributed by atoms with E-state index < -0.39 is 0 Å². The Labute approximate surface area is 139 Å². The molecule has 0 unspecified atom stereocenters. The highest BCUT2D eigenvalue weighted by atomic mass is 16.5. The summed E-state index contributed by atoms with van der Waals surface area (Å²) in [6, 6.07) is 13.0. The summed E-state index contributed by atoms with van der Waals surface area (Å²) in [6.45, 7) is 0. The zero-order chi connectivity index (χ0) is 17.1. The van der Waals surface area contributed by atoms with Gasteiger partial charge in [-0.3, -0.25) is 9.36 Å². The maximum absolute atomic E-state index is 12.5. The molecule has 122 valence electrons. The summed E-state index contributed by atoms with van der Waals surface area (Å²) in [4.78, 5) is 17.1. The average molecular weight is 322 g/mol. The molecule has 0 saturated carbocycles. The fourth-order valence-electron chi connectivity index (χ4n) is 2.48. The molecular formula is C19H18N2O3. The molecule has 0 saturated heterocycles. The molecule has 0 fully saturated rings. The number of fused-ring (bicyclic) bond motifs is 1. The Morgan fingerprint density at radius 2 is 1.75 bits per heavy atom. The van der Waals surface area contributed by atoms with E-state index in [1.807, 2.05) is 36.4 Å². The van der Waals surface area contributed by atoms with E-state index in [-0.39, 0.29) is 5.56 Å². The van der Waals surface area contributed by atoms with Gasteiger partial charge >= 0.3 is 0 Å². The van der Waals surface area contributed by atoms with Gasteiger partial charge in [0.15, 0.2) is 0 Å². The number of nitrogens with zero attached hydrogens (tertiary/aromatic N) is 2. The van der Waals surface area contributed by atoms with Crippen LogP contribution in [0.2, 0.25) is 0 Å². The van der Waals surface area contributed by atoms with Crippen LogP contribution >= 0.6 is 0 Å². The molecule has 1 heterocycles. The number of para-hydroxylation sites is 1. The van der Waals surface area contributed by atoms with Crippen molar-refractivity contribution in [2.24, 2.45) is 7.05 Å². The molecule has 5 nitrogen and oxygen atoms in total. The van der Waals surface area contributed by atoms with Crippen molar-refractivity contribution in [2.45, 2.75) is 0 Å². The first-order valence-electron chi connectivity index (χ1n) is 7.50. The first kappa shape index (κ1) is 15.8. The molecule has 0 bridgehead atoms. The third kappa shape index (κ3) is 2.88. The minimum atomic E-state index is -0.103. The van der Waals surface area contributed by atoms with Crippen LogP contribution in [0.5, 0.6) is 11.5 Å². The Bertz CT molecular complexity index is 957. The van der Waals surface area contributed by atoms with Crippen molar-refractivity contribution >= 4 is 23.1 Å². The topological polar surface area (TPSA) is 53.4 Å². The number of rotatable bonds is 4. The second kappa shape index (κ2) is 6.58. The number of hydrogen-bond donors (Lipinski definition) is 0. The van der Waals surface area contributed by atoms with Crippen LogP contribution in [-0.2, 0) is 7.05 Å². The molecule has 0 amide bonds. The second-order valence-electron chi connectivity index (χ2n) is 5.30. The van der Waals surface area contributed by atoms with Crippen molar-refractivity contribution in [1.29, 1.82) is 0 Å². The Kier molecular flexibility index (Phi) is 4.33. The standard InChI is InChI=1S/C19H18N2O3/c1-21-17(12-9-13-7-10-14(23-2)11-8-13)20-18-15(19(21)22)5-4-6-16(18)24-3/h4-12H,1-3H3. The van der Waals surface area contributed by atoms with Crippen molar-refractivity contribution in [2.75, 3.05) is 14.2 Å². The molecule has 0 N–H and O–H groups in total. The minimum Gasteiger partial charge on any atom is -0.497 e. The Morgan fingerprint density at radius 1 is 1.00 bits per heavy atom. The fraction of sp³-hybridized carbons (Fsp3) is 0.158. The van der Waals surface area contributed by atoms with E-state index in [0.717, 1.165) is 11.3 Å². The van der Waals surface area contributed by atoms with Gasteiger partial charge in [-0.15, -0.1) is 0 Å². The van der Waals surface area contributed by atoms with Crippen LogP contribution in [0.3, 0.4) is 0 Å². The molecule has 0 atom stereocenters. The van der Waals surface area contributed by atoms with E-state index in [9.17, 15) is 4.79 Å². The highest BCUT2D eigenvalue weighted by molar-refractivity contribution is 5.84. The van der Waals surface area contributed by atoms with E-state index >= 15 is 0 Å². The van der Waals surface area contributed by atoms with Gasteiger partial charge in [0.1, 0.15) is 22.8 Å². The Hall–Kier alpha value is -3.08. The van der Waals surface area contributed by atoms with E-state index in [0.29, 0.717) is 22.5 Å². The number of methoxy groups -OCH3 is 2. The van der Waals surface area contributed by atoms with Gasteiger partial charge in [0.05, 0.1) is 19.6 Å². The van der Waals surface area contributed by atoms with Gasteiger partial charge in [-0.05, 0) is 35.9 Å². The maximum atomic E-state index is 12.5. The van der Waals surface area contributed by atoms with Crippen molar-refractivity contribution in [3.8, 4) is 11.5 Å². The molecule has 0 spiro atoms. The predicted octanol–water partition coefficient (Wildman–Crippen LogP) is 3.12. The molecule has 0 aliphatic rings. The van der Waals surface area contributed by atoms with Crippen LogP contribution in [0, 0.1) is 0 Å². The summed E-state index contributed by atoms with van der Waals surface area (Å²) < 4.78 is 12.0. The predicted molar refractivity (Wildman–Crippen MR) is 95.5 cm³/mol. The van der Waals surface area contributed by atoms with E-state index in [1.165, 1.54) is 4.57 Å². The van der Waals surface area contributed by atoms with Crippen LogP contribution in [0.25, 0.3) is 23.1 Å². The zero-order valence-corrected chi connectivity index (χ0v) is 13.8. The highest BCUT2D eigenvalue weighted by Gasteiger charge is 2.10. The van der Waals surface area contributed by atoms with Gasteiger partial charge in [0.25, 0.3) is 5.56 Å². The molecule has 3 rings (SSSR count). The third-order valence-corrected chi connectivity index (χ3v) is 3.86. The van der Waals surface area contributed by atoms with E-state index in [4.69, 9.17) is 9.47 Å². The van der Waals surface area contributed by atoms with Gasteiger partial charge in [-0.1, -0.05) is 24.3 Å². The number of aromatic nitrogens is 2. The van der Waals surface area contributed by atoms with Crippen molar-refractivity contribution < 1.29 is 9.47 Å². The summed E-state index contributed by atoms with van der Waals surface area (Å²) in [5, 5.41) is 0.540. The van der Waals surface area contributed by atoms with Crippen LogP contribution < -0.4 is 15.0 Å². The first-order chi connectivity index (χ1) is 11.6. The summed E-state index contributed by atoms with van der Waals surface area (Å²) in [6.07, 6.45) is 3.72. The molecule has 0 aliphatic carbocycles. The summed E-state index contributed by atoms with van der Waals surface area (Å²) in [7, 11) is 4.91. The first-order valence-corrected chi connectivity index (χ1v) is 7.50. The van der Waals surface area contributed by atoms with Crippen molar-refractivity contribution in [3.05, 3.63) is 64.2 Å². The SMILES string of the molecule is COc1ccc(C=Cc2nc3c(OC)cccc3c(=O)n2C)cc1. The van der Waals surface area contributed by atoms with Gasteiger partial charge in [0.2, 0.25) is 0 Å². The van der Waals surface area contributed by atoms with Crippen molar-refractivity contribution in [3.63, 3.8) is 0 Å². The molecule has 2 aromatic carbocycles. The van der Waals surface area contributed by atoms with Gasteiger partial charge < -0.3 is 9.47 Å². The van der Waals surface area contributed by atoms with Crippen LogP contribution in [0.1, 0.15) is 11.4 Å². The maximum Gasteiger partial charge on any atom is 0.261 e. The lowest BCUT2D eigenvalue weighted by molar-refractivity contribution is 0.415. The van der Waals surface area contributed by atoms with Crippen LogP contribution in [0.4, 0.5) is 0 Å². The molecular weight excluding hydrogens is 304 g/mol. The van der Waals surface area contributed by atoms with Crippen LogP contribution in [-0.4, -0.2) is 23.8 Å². The molecule has 1 aromatic heterocycles. The Morgan fingerprint density at radius 3 is 2.42 bits per heavy atom. The minimum absolute atomic E-state index is 0.103. The summed E-state index contributed by atoms with van der Waals surface area (Å²) in [5.74, 6) is 1.95. The molecule has 5 heteroatoms. The lowest BCUT2D eigenvalue weighted by atomic mass is 10.2. The monoisotopic (exact) mass is 322 g/mol. The van der Waals surface area contributed by atoms with E-state index in [1.54, 1.807) is 39.5 Å². The molecule has 3 aromatic rings. The third-order valence-electron chi connectivity index (χ3n) is 3.86.